The van der Waals surface area contributed by atoms with Crippen LogP contribution in [0.2, 0.25) is 0 Å². The van der Waals surface area contributed by atoms with Gasteiger partial charge in [0.05, 0.1) is 11.9 Å². The van der Waals surface area contributed by atoms with Crippen LogP contribution in [-0.4, -0.2) is 7.05 Å². The summed E-state index contributed by atoms with van der Waals surface area (Å²) >= 11 is 0. The van der Waals surface area contributed by atoms with Gasteiger partial charge in [0.1, 0.15) is 6.17 Å². The maximum atomic E-state index is 4.54. The van der Waals surface area contributed by atoms with E-state index in [-0.39, 0.29) is 17.7 Å². The second-order valence-corrected chi connectivity index (χ2v) is 12.5. The van der Waals surface area contributed by atoms with Crippen molar-refractivity contribution in [2.45, 2.75) is 31.6 Å². The molecule has 1 heterocycles. The number of para-hydroxylation sites is 2. The summed E-state index contributed by atoms with van der Waals surface area (Å²) in [5, 5.41) is 11.0. The molecule has 228 valence electrons. The third-order valence-corrected chi connectivity index (χ3v) is 9.28. The van der Waals surface area contributed by atoms with E-state index in [9.17, 15) is 0 Å². The molecule has 0 spiro atoms. The second-order valence-electron chi connectivity index (χ2n) is 12.5. The molecule has 0 saturated heterocycles. The fourth-order valence-corrected chi connectivity index (χ4v) is 6.80. The van der Waals surface area contributed by atoms with Crippen LogP contribution in [-0.2, 0) is 5.41 Å². The minimum absolute atomic E-state index is 0.0916. The second kappa shape index (κ2) is 12.3. The average Bonchev–Trinajstić information content (AvgIpc) is 3.30. The van der Waals surface area contributed by atoms with Crippen LogP contribution in [0.3, 0.4) is 0 Å². The van der Waals surface area contributed by atoms with Crippen LogP contribution in [0.25, 0.3) is 11.1 Å². The summed E-state index contributed by atoms with van der Waals surface area (Å²) in [7, 11) is 1.99. The molecule has 0 radical (unpaired) electrons. The number of anilines is 3. The summed E-state index contributed by atoms with van der Waals surface area (Å²) in [6.45, 7) is 9.20. The zero-order chi connectivity index (χ0) is 31.7. The van der Waals surface area contributed by atoms with Gasteiger partial charge in [-0.2, -0.15) is 0 Å². The Morgan fingerprint density at radius 3 is 1.98 bits per heavy atom. The molecule has 0 saturated carbocycles. The van der Waals surface area contributed by atoms with Gasteiger partial charge in [-0.3, -0.25) is 5.32 Å². The molecule has 7 rings (SSSR count). The molecule has 0 aromatic heterocycles. The number of hydrogen-bond donors (Lipinski definition) is 3. The highest BCUT2D eigenvalue weighted by atomic mass is 15.2. The third kappa shape index (κ3) is 5.47. The number of nitrogens with zero attached hydrogens (tertiary/aromatic N) is 1. The van der Waals surface area contributed by atoms with E-state index in [1.165, 1.54) is 22.3 Å². The average molecular weight is 601 g/mol. The summed E-state index contributed by atoms with van der Waals surface area (Å²) in [6, 6.07) is 47.1. The standard InChI is InChI=1S/C42H40N4/c1-29-27-36-35-20-11-13-21-37(35)42(2,3)38(36)28-46(39-22-14-12-19-34(29)39)33-25-23-31(24-26-33)40(43-4)45-41(30-15-7-5-8-16-30)44-32-17-9-6-10-18-32/h5-28,40-41,43-45H,1H2,2-4H3/b36-27-,38-28+. The first kappa shape index (κ1) is 29.5. The van der Waals surface area contributed by atoms with Crippen molar-refractivity contribution in [3.05, 3.63) is 186 Å². The molecule has 0 fully saturated rings. The van der Waals surface area contributed by atoms with Crippen LogP contribution in [0.1, 0.15) is 54.0 Å². The zero-order valence-electron chi connectivity index (χ0n) is 26.7. The maximum absolute atomic E-state index is 4.54. The van der Waals surface area contributed by atoms with E-state index in [2.05, 4.69) is 181 Å². The lowest BCUT2D eigenvalue weighted by Crippen LogP contribution is -2.38. The van der Waals surface area contributed by atoms with E-state index < -0.39 is 0 Å². The SMILES string of the molecule is C=C1/C=C2\C(=C/N(c3ccc(C(NC)NC(Nc4ccccc4)c4ccccc4)cc3)c3ccccc31)C(C)(C)c1ccccc12. The van der Waals surface area contributed by atoms with Crippen LogP contribution in [0, 0.1) is 0 Å². The smallest absolute Gasteiger partial charge is 0.105 e. The molecule has 5 aromatic rings. The lowest BCUT2D eigenvalue weighted by atomic mass is 9.82. The van der Waals surface area contributed by atoms with Gasteiger partial charge in [-0.05, 0) is 82.4 Å². The molecule has 5 aromatic carbocycles. The molecule has 2 atom stereocenters. The van der Waals surface area contributed by atoms with Gasteiger partial charge in [-0.15, -0.1) is 0 Å². The van der Waals surface area contributed by atoms with Crippen LogP contribution >= 0.6 is 0 Å². The molecule has 1 aliphatic heterocycles. The van der Waals surface area contributed by atoms with Crippen LogP contribution in [0.15, 0.2) is 158 Å². The molecule has 4 nitrogen and oxygen atoms in total. The van der Waals surface area contributed by atoms with Gasteiger partial charge in [0.25, 0.3) is 0 Å². The molecule has 0 bridgehead atoms. The molecule has 1 aliphatic carbocycles. The maximum Gasteiger partial charge on any atom is 0.105 e. The lowest BCUT2D eigenvalue weighted by molar-refractivity contribution is 0.428. The molecule has 2 aliphatic rings. The Bertz CT molecular complexity index is 1920. The Hall–Kier alpha value is -5.16. The van der Waals surface area contributed by atoms with Gasteiger partial charge in [0.2, 0.25) is 0 Å². The first-order valence-corrected chi connectivity index (χ1v) is 16.0. The third-order valence-electron chi connectivity index (χ3n) is 9.28. The van der Waals surface area contributed by atoms with E-state index in [1.54, 1.807) is 0 Å². The number of fused-ring (bicyclic) bond motifs is 4. The van der Waals surface area contributed by atoms with Crippen molar-refractivity contribution in [2.24, 2.45) is 0 Å². The Morgan fingerprint density at radius 1 is 0.652 bits per heavy atom. The van der Waals surface area contributed by atoms with Gasteiger partial charge >= 0.3 is 0 Å². The van der Waals surface area contributed by atoms with Crippen LogP contribution < -0.4 is 20.9 Å². The molecule has 0 amide bonds. The van der Waals surface area contributed by atoms with E-state index >= 15 is 0 Å². The van der Waals surface area contributed by atoms with Crippen LogP contribution in [0.4, 0.5) is 17.1 Å². The normalized spacial score (nSPS) is 18.4. The predicted octanol–water partition coefficient (Wildman–Crippen LogP) is 9.73. The van der Waals surface area contributed by atoms with E-state index in [4.69, 9.17) is 0 Å². The van der Waals surface area contributed by atoms with Crippen molar-refractivity contribution in [3.63, 3.8) is 0 Å². The largest absolute Gasteiger partial charge is 0.366 e. The molecule has 46 heavy (non-hydrogen) atoms. The Balaban J connectivity index is 1.25. The number of benzene rings is 5. The molecule has 4 heteroatoms. The minimum Gasteiger partial charge on any atom is -0.366 e. The summed E-state index contributed by atoms with van der Waals surface area (Å²) in [5.41, 5.74) is 12.8. The molecular weight excluding hydrogens is 560 g/mol. The van der Waals surface area contributed by atoms with E-state index in [0.717, 1.165) is 39.3 Å². The monoisotopic (exact) mass is 600 g/mol. The van der Waals surface area contributed by atoms with Crippen LogP contribution in [0.5, 0.6) is 0 Å². The number of nitrogens with one attached hydrogen (secondary N) is 3. The number of allylic oxidation sites excluding steroid dienone is 4. The number of hydrogen-bond acceptors (Lipinski definition) is 4. The predicted molar refractivity (Wildman–Crippen MR) is 194 cm³/mol. The Kier molecular flexibility index (Phi) is 7.91. The zero-order valence-corrected chi connectivity index (χ0v) is 26.7. The topological polar surface area (TPSA) is 39.3 Å². The summed E-state index contributed by atoms with van der Waals surface area (Å²) < 4.78 is 0. The quantitative estimate of drug-likeness (QED) is 0.155. The van der Waals surface area contributed by atoms with Crippen molar-refractivity contribution in [1.29, 1.82) is 0 Å². The summed E-state index contributed by atoms with van der Waals surface area (Å²) in [6.07, 6.45) is 4.42. The van der Waals surface area contributed by atoms with E-state index in [0.29, 0.717) is 0 Å². The van der Waals surface area contributed by atoms with Gasteiger partial charge in [-0.1, -0.05) is 124 Å². The summed E-state index contributed by atoms with van der Waals surface area (Å²) in [5.74, 6) is 0. The lowest BCUT2D eigenvalue weighted by Gasteiger charge is -2.31. The Morgan fingerprint density at radius 2 is 1.26 bits per heavy atom. The highest BCUT2D eigenvalue weighted by molar-refractivity contribution is 5.99. The van der Waals surface area contributed by atoms with Gasteiger partial charge in [0.15, 0.2) is 0 Å². The highest BCUT2D eigenvalue weighted by Gasteiger charge is 2.39. The first-order valence-electron chi connectivity index (χ1n) is 16.0. The van der Waals surface area contributed by atoms with Gasteiger partial charge < -0.3 is 15.5 Å². The molecular formula is C42H40N4. The van der Waals surface area contributed by atoms with Gasteiger partial charge in [-0.25, -0.2) is 0 Å². The van der Waals surface area contributed by atoms with Crippen molar-refractivity contribution in [1.82, 2.24) is 10.6 Å². The number of rotatable bonds is 8. The summed E-state index contributed by atoms with van der Waals surface area (Å²) in [4.78, 5) is 2.34. The van der Waals surface area contributed by atoms with Crippen molar-refractivity contribution in [2.75, 3.05) is 17.3 Å². The van der Waals surface area contributed by atoms with Crippen molar-refractivity contribution in [3.8, 4) is 0 Å². The fraction of sp³-hybridized carbons (Fsp3) is 0.143. The molecule has 2 unspecified atom stereocenters. The first-order chi connectivity index (χ1) is 22.4. The molecule has 3 N–H and O–H groups in total. The van der Waals surface area contributed by atoms with Crippen molar-refractivity contribution < 1.29 is 0 Å². The van der Waals surface area contributed by atoms with Crippen molar-refractivity contribution >= 4 is 28.2 Å². The fourth-order valence-electron chi connectivity index (χ4n) is 6.80. The minimum atomic E-state index is -0.146. The highest BCUT2D eigenvalue weighted by Crippen LogP contribution is 2.52. The van der Waals surface area contributed by atoms with Gasteiger partial charge in [0, 0.05) is 28.6 Å². The van der Waals surface area contributed by atoms with E-state index in [1.807, 2.05) is 13.1 Å². The Labute approximate surface area is 272 Å².